The van der Waals surface area contributed by atoms with Crippen molar-refractivity contribution >= 4 is 23.6 Å². The van der Waals surface area contributed by atoms with Gasteiger partial charge in [0.25, 0.3) is 5.91 Å². The van der Waals surface area contributed by atoms with Crippen molar-refractivity contribution in [2.75, 3.05) is 52.4 Å². The van der Waals surface area contributed by atoms with Crippen LogP contribution in [-0.2, 0) is 14.4 Å². The zero-order valence-electron chi connectivity index (χ0n) is 22.5. The number of hydrogen-bond acceptors (Lipinski definition) is 6. The summed E-state index contributed by atoms with van der Waals surface area (Å²) < 4.78 is 6.01. The molecule has 0 spiro atoms. The van der Waals surface area contributed by atoms with Crippen LogP contribution in [0.1, 0.15) is 50.9 Å². The van der Waals surface area contributed by atoms with Crippen molar-refractivity contribution in [3.8, 4) is 5.75 Å². The Bertz CT molecular complexity index is 960. The summed E-state index contributed by atoms with van der Waals surface area (Å²) in [6, 6.07) is 5.70. The molecule has 0 radical (unpaired) electrons. The minimum Gasteiger partial charge on any atom is -0.491 e. The highest BCUT2D eigenvalue weighted by molar-refractivity contribution is 5.99. The summed E-state index contributed by atoms with van der Waals surface area (Å²) >= 11 is 0. The van der Waals surface area contributed by atoms with Crippen molar-refractivity contribution in [3.63, 3.8) is 0 Å². The van der Waals surface area contributed by atoms with E-state index in [0.717, 1.165) is 19.6 Å². The zero-order chi connectivity index (χ0) is 26.9. The summed E-state index contributed by atoms with van der Waals surface area (Å²) in [7, 11) is 0. The van der Waals surface area contributed by atoms with Crippen molar-refractivity contribution in [1.82, 2.24) is 25.3 Å². The van der Waals surface area contributed by atoms with Crippen molar-refractivity contribution in [3.05, 3.63) is 29.8 Å². The highest BCUT2D eigenvalue weighted by Crippen LogP contribution is 2.20. The molecule has 3 rings (SSSR count). The molecule has 2 aliphatic rings. The molecule has 10 heteroatoms. The van der Waals surface area contributed by atoms with E-state index in [1.807, 2.05) is 20.8 Å². The largest absolute Gasteiger partial charge is 0.491 e. The van der Waals surface area contributed by atoms with Gasteiger partial charge in [-0.1, -0.05) is 32.9 Å². The first-order valence-corrected chi connectivity index (χ1v) is 13.3. The third-order valence-electron chi connectivity index (χ3n) is 7.15. The molecule has 4 amide bonds. The fourth-order valence-electron chi connectivity index (χ4n) is 4.59. The summed E-state index contributed by atoms with van der Waals surface area (Å²) in [4.78, 5) is 58.2. The first kappa shape index (κ1) is 28.4. The van der Waals surface area contributed by atoms with Crippen LogP contribution in [0.15, 0.2) is 24.3 Å². The first-order valence-electron chi connectivity index (χ1n) is 13.3. The molecule has 1 aromatic rings. The molecule has 0 saturated carbocycles. The highest BCUT2D eigenvalue weighted by atomic mass is 16.5. The molecule has 0 aromatic heterocycles. The van der Waals surface area contributed by atoms with Gasteiger partial charge in [-0.2, -0.15) is 0 Å². The maximum atomic E-state index is 13.5. The number of rotatable bonds is 4. The van der Waals surface area contributed by atoms with E-state index < -0.39 is 11.9 Å². The molecular weight excluding hydrogens is 474 g/mol. The fraction of sp³-hybridized carbons (Fsp3) is 0.630. The molecule has 2 aliphatic heterocycles. The molecule has 37 heavy (non-hydrogen) atoms. The monoisotopic (exact) mass is 515 g/mol. The lowest BCUT2D eigenvalue weighted by Gasteiger charge is -2.36. The smallest absolute Gasteiger partial charge is 0.255 e. The number of piperazine rings is 1. The van der Waals surface area contributed by atoms with E-state index in [2.05, 4.69) is 22.5 Å². The van der Waals surface area contributed by atoms with Gasteiger partial charge < -0.3 is 30.1 Å². The molecule has 1 fully saturated rings. The zero-order valence-corrected chi connectivity index (χ0v) is 22.5. The number of nitrogens with one attached hydrogen (secondary N) is 2. The molecule has 0 aliphatic carbocycles. The van der Waals surface area contributed by atoms with Crippen LogP contribution in [0.5, 0.6) is 5.75 Å². The van der Waals surface area contributed by atoms with Gasteiger partial charge in [-0.15, -0.1) is 0 Å². The van der Waals surface area contributed by atoms with Gasteiger partial charge in [0.1, 0.15) is 18.4 Å². The fourth-order valence-corrected chi connectivity index (χ4v) is 4.59. The molecule has 1 saturated heterocycles. The Hall–Kier alpha value is -3.14. The normalized spacial score (nSPS) is 22.9. The van der Waals surface area contributed by atoms with Crippen LogP contribution in [0.25, 0.3) is 0 Å². The van der Waals surface area contributed by atoms with Gasteiger partial charge in [0.05, 0.1) is 18.2 Å². The number of nitrogens with zero attached hydrogens (tertiary/aromatic N) is 3. The van der Waals surface area contributed by atoms with Crippen LogP contribution < -0.4 is 15.4 Å². The van der Waals surface area contributed by atoms with Crippen LogP contribution in [0, 0.1) is 5.92 Å². The number of para-hydroxylation sites is 1. The second-order valence-electron chi connectivity index (χ2n) is 9.96. The molecule has 2 N–H and O–H groups in total. The number of carbonyl (C=O) groups is 4. The van der Waals surface area contributed by atoms with E-state index in [-0.39, 0.29) is 55.7 Å². The van der Waals surface area contributed by atoms with Crippen LogP contribution >= 0.6 is 0 Å². The second-order valence-corrected chi connectivity index (χ2v) is 9.96. The topological polar surface area (TPSA) is 111 Å². The van der Waals surface area contributed by atoms with Gasteiger partial charge in [0, 0.05) is 39.1 Å². The van der Waals surface area contributed by atoms with Crippen LogP contribution in [0.3, 0.4) is 0 Å². The van der Waals surface area contributed by atoms with Gasteiger partial charge in [-0.3, -0.25) is 19.2 Å². The first-order chi connectivity index (χ1) is 17.7. The molecule has 0 bridgehead atoms. The summed E-state index contributed by atoms with van der Waals surface area (Å²) in [5.74, 6) is -0.670. The number of benzene rings is 1. The van der Waals surface area contributed by atoms with Gasteiger partial charge in [0.2, 0.25) is 17.7 Å². The Morgan fingerprint density at radius 3 is 2.38 bits per heavy atom. The summed E-state index contributed by atoms with van der Waals surface area (Å²) in [6.07, 6.45) is 0.186. The predicted octanol–water partition coefficient (Wildman–Crippen LogP) is 1.11. The van der Waals surface area contributed by atoms with E-state index >= 15 is 0 Å². The van der Waals surface area contributed by atoms with E-state index in [9.17, 15) is 19.2 Å². The Morgan fingerprint density at radius 1 is 1.03 bits per heavy atom. The van der Waals surface area contributed by atoms with Gasteiger partial charge in [-0.25, -0.2) is 0 Å². The number of likely N-dealkylation sites (N-methyl/N-ethyl adjacent to an activating group) is 2. The molecule has 10 nitrogen and oxygen atoms in total. The number of amides is 4. The van der Waals surface area contributed by atoms with Crippen molar-refractivity contribution in [2.24, 2.45) is 5.92 Å². The van der Waals surface area contributed by atoms with E-state index in [1.165, 1.54) is 4.90 Å². The Labute approximate surface area is 219 Å². The van der Waals surface area contributed by atoms with Crippen molar-refractivity contribution < 1.29 is 23.9 Å². The second kappa shape index (κ2) is 13.4. The highest BCUT2D eigenvalue weighted by Gasteiger charge is 2.31. The number of hydrogen-bond donors (Lipinski definition) is 2. The average molecular weight is 516 g/mol. The van der Waals surface area contributed by atoms with Crippen LogP contribution in [-0.4, -0.2) is 103 Å². The third-order valence-corrected chi connectivity index (χ3v) is 7.15. The maximum absolute atomic E-state index is 13.5. The lowest BCUT2D eigenvalue weighted by atomic mass is 10.1. The maximum Gasteiger partial charge on any atom is 0.255 e. The average Bonchev–Trinajstić information content (AvgIpc) is 2.91. The standard InChI is InChI=1S/C27H41N5O5/c1-5-30-13-15-32(16-14-30)27(36)21-11-12-25(34)31(6-2)17-24(33)28-22(19(3)4)18-37-23-10-8-7-9-20(23)26(35)29-21/h7-10,19,21-22H,5-6,11-18H2,1-4H3,(H,28,33)(H,29,35)/t21-,22+/m0/s1. The quantitative estimate of drug-likeness (QED) is 0.622. The minimum atomic E-state index is -0.862. The minimum absolute atomic E-state index is 0.0402. The third kappa shape index (κ3) is 7.67. The SMILES string of the molecule is CCN1CCN(C(=O)[C@@H]2CCC(=O)N(CC)CC(=O)N[C@@H](C(C)C)COc3ccccc3C(=O)N2)CC1. The lowest BCUT2D eigenvalue weighted by Crippen LogP contribution is -2.55. The van der Waals surface area contributed by atoms with E-state index in [4.69, 9.17) is 4.74 Å². The van der Waals surface area contributed by atoms with Gasteiger partial charge in [0.15, 0.2) is 0 Å². The molecular formula is C27H41N5O5. The Balaban J connectivity index is 1.88. The van der Waals surface area contributed by atoms with Crippen LogP contribution in [0.2, 0.25) is 0 Å². The van der Waals surface area contributed by atoms with Crippen LogP contribution in [0.4, 0.5) is 0 Å². The molecule has 2 atom stereocenters. The lowest BCUT2D eigenvalue weighted by molar-refractivity contribution is -0.138. The predicted molar refractivity (Wildman–Crippen MR) is 140 cm³/mol. The van der Waals surface area contributed by atoms with Gasteiger partial charge in [-0.05, 0) is 37.9 Å². The van der Waals surface area contributed by atoms with Crippen molar-refractivity contribution in [1.29, 1.82) is 0 Å². The van der Waals surface area contributed by atoms with Crippen molar-refractivity contribution in [2.45, 2.75) is 52.6 Å². The number of carbonyl (C=O) groups excluding carboxylic acids is 4. The number of ether oxygens (including phenoxy) is 1. The molecule has 204 valence electrons. The van der Waals surface area contributed by atoms with E-state index in [1.54, 1.807) is 29.2 Å². The Kier molecular flexibility index (Phi) is 10.3. The molecule has 2 heterocycles. The summed E-state index contributed by atoms with van der Waals surface area (Å²) in [5, 5.41) is 5.85. The molecule has 1 aromatic carbocycles. The summed E-state index contributed by atoms with van der Waals surface area (Å²) in [5.41, 5.74) is 0.307. The number of fused-ring (bicyclic) bond motifs is 1. The van der Waals surface area contributed by atoms with Gasteiger partial charge >= 0.3 is 0 Å². The van der Waals surface area contributed by atoms with E-state index in [0.29, 0.717) is 30.9 Å². The Morgan fingerprint density at radius 2 is 1.73 bits per heavy atom. The molecule has 0 unspecified atom stereocenters. The summed E-state index contributed by atoms with van der Waals surface area (Å²) in [6.45, 7) is 11.9.